The van der Waals surface area contributed by atoms with Crippen LogP contribution in [0.2, 0.25) is 0 Å². The summed E-state index contributed by atoms with van der Waals surface area (Å²) in [7, 11) is 0. The van der Waals surface area contributed by atoms with Crippen molar-refractivity contribution >= 4 is 18.0 Å². The molecule has 0 unspecified atom stereocenters. The summed E-state index contributed by atoms with van der Waals surface area (Å²) in [4.78, 5) is 40.4. The van der Waals surface area contributed by atoms with Crippen molar-refractivity contribution in [2.75, 3.05) is 6.54 Å². The van der Waals surface area contributed by atoms with E-state index in [1.807, 2.05) is 27.7 Å². The zero-order valence-electron chi connectivity index (χ0n) is 10.5. The summed E-state index contributed by atoms with van der Waals surface area (Å²) < 4.78 is 5.18. The molecular weight excluding hydrogens is 226 g/mol. The highest BCUT2D eigenvalue weighted by Crippen LogP contribution is 2.18. The highest BCUT2D eigenvalue weighted by Gasteiger charge is 2.33. The van der Waals surface area contributed by atoms with Crippen LogP contribution in [0.5, 0.6) is 0 Å². The Morgan fingerprint density at radius 1 is 1.41 bits per heavy atom. The Hall–Kier alpha value is -1.68. The largest absolute Gasteiger partial charge is 0.444 e. The van der Waals surface area contributed by atoms with Gasteiger partial charge in [0.2, 0.25) is 0 Å². The molecule has 1 aliphatic heterocycles. The molecule has 0 aromatic rings. The molecule has 96 valence electrons. The average Bonchev–Trinajstić information content (AvgIpc) is 2.43. The Labute approximate surface area is 99.9 Å². The summed E-state index contributed by atoms with van der Waals surface area (Å²) in [5.74, 6) is 0.100. The second-order valence-corrected chi connectivity index (χ2v) is 4.78. The molecule has 1 amide bonds. The number of ketones is 1. The number of Topliss-reactive ketones (excluding diaryl/α,β-unsaturated/α-hetero) is 1. The normalized spacial score (nSPS) is 19.2. The Morgan fingerprint density at radius 3 is 2.18 bits per heavy atom. The Morgan fingerprint density at radius 2 is 1.88 bits per heavy atom. The fourth-order valence-corrected chi connectivity index (χ4v) is 1.42. The number of rotatable bonds is 0. The number of nitrogens with zero attached hydrogens (tertiary/aromatic N) is 1. The van der Waals surface area contributed by atoms with E-state index in [9.17, 15) is 9.59 Å². The summed E-state index contributed by atoms with van der Waals surface area (Å²) in [5.41, 5.74) is -0.498. The molecule has 1 fully saturated rings. The molecule has 1 rings (SSSR count). The first-order chi connectivity index (χ1) is 7.71. The Balaban J connectivity index is 0.000000770. The molecule has 0 bridgehead atoms. The fourth-order valence-electron chi connectivity index (χ4n) is 1.42. The van der Waals surface area contributed by atoms with Crippen molar-refractivity contribution in [3.63, 3.8) is 0 Å². The minimum Gasteiger partial charge on any atom is -0.444 e. The molecule has 1 aliphatic rings. The van der Waals surface area contributed by atoms with Gasteiger partial charge in [-0.2, -0.15) is 9.59 Å². The van der Waals surface area contributed by atoms with E-state index in [2.05, 4.69) is 0 Å². The van der Waals surface area contributed by atoms with Crippen LogP contribution in [0.3, 0.4) is 0 Å². The van der Waals surface area contributed by atoms with E-state index in [0.717, 1.165) is 0 Å². The lowest BCUT2D eigenvalue weighted by molar-refractivity contribution is -0.191. The number of hydrogen-bond donors (Lipinski definition) is 0. The van der Waals surface area contributed by atoms with E-state index in [0.29, 0.717) is 6.42 Å². The van der Waals surface area contributed by atoms with Crippen molar-refractivity contribution in [3.8, 4) is 0 Å². The second-order valence-electron chi connectivity index (χ2n) is 4.78. The van der Waals surface area contributed by atoms with Crippen LogP contribution >= 0.6 is 0 Å². The van der Waals surface area contributed by atoms with Crippen LogP contribution in [0, 0.1) is 0 Å². The zero-order valence-corrected chi connectivity index (χ0v) is 10.5. The maximum absolute atomic E-state index is 11.6. The predicted octanol–water partition coefficient (Wildman–Crippen LogP) is 1.00. The molecule has 6 nitrogen and oxygen atoms in total. The third kappa shape index (κ3) is 5.82. The third-order valence-electron chi connectivity index (χ3n) is 2.03. The van der Waals surface area contributed by atoms with E-state index in [1.165, 1.54) is 4.90 Å². The van der Waals surface area contributed by atoms with Crippen molar-refractivity contribution in [3.05, 3.63) is 0 Å². The number of likely N-dealkylation sites (tertiary alicyclic amines) is 1. The van der Waals surface area contributed by atoms with Gasteiger partial charge in [-0.1, -0.05) is 0 Å². The number of ether oxygens (including phenoxy) is 1. The quantitative estimate of drug-likeness (QED) is 0.634. The van der Waals surface area contributed by atoms with Crippen molar-refractivity contribution in [2.45, 2.75) is 45.8 Å². The lowest BCUT2D eigenvalue weighted by Gasteiger charge is -2.26. The minimum absolute atomic E-state index is 0.0302. The molecule has 0 saturated carbocycles. The van der Waals surface area contributed by atoms with Gasteiger partial charge in [-0.3, -0.25) is 9.69 Å². The van der Waals surface area contributed by atoms with Gasteiger partial charge in [-0.05, 0) is 27.7 Å². The summed E-state index contributed by atoms with van der Waals surface area (Å²) in [5, 5.41) is 0. The van der Waals surface area contributed by atoms with Crippen molar-refractivity contribution in [2.24, 2.45) is 0 Å². The summed E-state index contributed by atoms with van der Waals surface area (Å²) >= 11 is 0. The topological polar surface area (TPSA) is 80.8 Å². The SMILES string of the molecule is C[C@@H]1CC(=O)CN1C(=O)OC(C)(C)C.O=C=O. The van der Waals surface area contributed by atoms with Crippen molar-refractivity contribution < 1.29 is 23.9 Å². The Bertz CT molecular complexity index is 325. The third-order valence-corrected chi connectivity index (χ3v) is 2.03. The van der Waals surface area contributed by atoms with Crippen molar-refractivity contribution in [1.29, 1.82) is 0 Å². The van der Waals surface area contributed by atoms with Gasteiger partial charge in [0.05, 0.1) is 6.54 Å². The van der Waals surface area contributed by atoms with E-state index in [-0.39, 0.29) is 24.5 Å². The smallest absolute Gasteiger partial charge is 0.410 e. The maximum Gasteiger partial charge on any atom is 0.410 e. The standard InChI is InChI=1S/C10H17NO3.CO2/c1-7-5-8(12)6-11(7)9(13)14-10(2,3)4;2-1-3/h7H,5-6H2,1-4H3;/t7-;/m1./s1. The van der Waals surface area contributed by atoms with Gasteiger partial charge in [0.25, 0.3) is 0 Å². The van der Waals surface area contributed by atoms with Gasteiger partial charge >= 0.3 is 12.2 Å². The highest BCUT2D eigenvalue weighted by molar-refractivity contribution is 5.88. The number of hydrogen-bond acceptors (Lipinski definition) is 5. The number of carbonyl (C=O) groups excluding carboxylic acids is 4. The van der Waals surface area contributed by atoms with Gasteiger partial charge in [0.1, 0.15) is 5.60 Å². The molecule has 17 heavy (non-hydrogen) atoms. The molecule has 0 aromatic carbocycles. The van der Waals surface area contributed by atoms with Crippen LogP contribution in [0.4, 0.5) is 4.79 Å². The lowest BCUT2D eigenvalue weighted by Crippen LogP contribution is -2.38. The minimum atomic E-state index is -0.498. The number of amides is 1. The van der Waals surface area contributed by atoms with Gasteiger partial charge in [-0.15, -0.1) is 0 Å². The van der Waals surface area contributed by atoms with Crippen LogP contribution in [-0.4, -0.2) is 41.1 Å². The van der Waals surface area contributed by atoms with E-state index >= 15 is 0 Å². The van der Waals surface area contributed by atoms with Crippen molar-refractivity contribution in [1.82, 2.24) is 4.90 Å². The van der Waals surface area contributed by atoms with Gasteiger partial charge in [0.15, 0.2) is 5.78 Å². The molecule has 1 atom stereocenters. The van der Waals surface area contributed by atoms with Crippen LogP contribution in [-0.2, 0) is 19.1 Å². The molecule has 0 aromatic heterocycles. The van der Waals surface area contributed by atoms with Crippen LogP contribution in [0.25, 0.3) is 0 Å². The molecule has 0 radical (unpaired) electrons. The lowest BCUT2D eigenvalue weighted by atomic mass is 10.2. The monoisotopic (exact) mass is 243 g/mol. The van der Waals surface area contributed by atoms with Crippen LogP contribution < -0.4 is 0 Å². The molecule has 6 heteroatoms. The molecule has 0 aliphatic carbocycles. The number of carbonyl (C=O) groups is 2. The summed E-state index contributed by atoms with van der Waals surface area (Å²) in [6.45, 7) is 7.49. The van der Waals surface area contributed by atoms with E-state index < -0.39 is 11.7 Å². The average molecular weight is 243 g/mol. The molecular formula is C11H17NO5. The molecule has 1 saturated heterocycles. The molecule has 0 N–H and O–H groups in total. The first-order valence-electron chi connectivity index (χ1n) is 5.22. The van der Waals surface area contributed by atoms with E-state index in [4.69, 9.17) is 14.3 Å². The van der Waals surface area contributed by atoms with E-state index in [1.54, 1.807) is 0 Å². The first-order valence-corrected chi connectivity index (χ1v) is 5.22. The van der Waals surface area contributed by atoms with Gasteiger partial charge in [0, 0.05) is 12.5 Å². The van der Waals surface area contributed by atoms with Gasteiger partial charge in [-0.25, -0.2) is 4.79 Å². The maximum atomic E-state index is 11.6. The zero-order chi connectivity index (χ0) is 13.6. The molecule has 1 heterocycles. The summed E-state index contributed by atoms with van der Waals surface area (Å²) in [6.07, 6.45) is 0.301. The predicted molar refractivity (Wildman–Crippen MR) is 57.0 cm³/mol. The van der Waals surface area contributed by atoms with Crippen LogP contribution in [0.15, 0.2) is 0 Å². The summed E-state index contributed by atoms with van der Waals surface area (Å²) in [6, 6.07) is -0.0302. The fraction of sp³-hybridized carbons (Fsp3) is 0.727. The highest BCUT2D eigenvalue weighted by atomic mass is 16.6. The van der Waals surface area contributed by atoms with Crippen LogP contribution in [0.1, 0.15) is 34.1 Å². The van der Waals surface area contributed by atoms with Gasteiger partial charge < -0.3 is 4.74 Å². The Kier molecular flexibility index (Phi) is 5.55. The first kappa shape index (κ1) is 15.3. The second kappa shape index (κ2) is 6.15. The molecule has 0 spiro atoms.